The molecule has 0 aliphatic carbocycles. The van der Waals surface area contributed by atoms with Gasteiger partial charge in [0.05, 0.1) is 11.4 Å². The summed E-state index contributed by atoms with van der Waals surface area (Å²) >= 11 is 1.24. The van der Waals surface area contributed by atoms with Crippen LogP contribution in [0.5, 0.6) is 0 Å². The second-order valence-corrected chi connectivity index (χ2v) is 6.83. The topological polar surface area (TPSA) is 54.6 Å². The van der Waals surface area contributed by atoms with E-state index >= 15 is 0 Å². The number of aromatic nitrogens is 2. The van der Waals surface area contributed by atoms with Crippen molar-refractivity contribution in [1.82, 2.24) is 9.38 Å². The molecule has 3 aromatic rings. The number of carbonyl (C=O) groups is 1. The molecule has 0 fully saturated rings. The van der Waals surface area contributed by atoms with E-state index in [1.807, 2.05) is 24.4 Å². The van der Waals surface area contributed by atoms with Gasteiger partial charge in [-0.15, -0.1) is 0 Å². The van der Waals surface area contributed by atoms with Crippen molar-refractivity contribution in [2.45, 2.75) is 33.6 Å². The molecule has 2 heterocycles. The highest BCUT2D eigenvalue weighted by Gasteiger charge is 2.22. The zero-order valence-electron chi connectivity index (χ0n) is 13.0. The zero-order valence-corrected chi connectivity index (χ0v) is 13.9. The maximum atomic E-state index is 11.4. The molecule has 0 saturated heterocycles. The van der Waals surface area contributed by atoms with Crippen molar-refractivity contribution in [2.75, 3.05) is 0 Å². The number of carboxylic acids is 1. The summed E-state index contributed by atoms with van der Waals surface area (Å²) in [5.41, 5.74) is 5.24. The van der Waals surface area contributed by atoms with Crippen LogP contribution in [0.2, 0.25) is 0 Å². The van der Waals surface area contributed by atoms with E-state index in [2.05, 4.69) is 37.0 Å². The number of benzene rings is 1. The van der Waals surface area contributed by atoms with Crippen molar-refractivity contribution in [3.63, 3.8) is 0 Å². The molecule has 0 aliphatic heterocycles. The van der Waals surface area contributed by atoms with Crippen molar-refractivity contribution >= 4 is 22.3 Å². The SMILES string of the molecule is Cc1ccc(-c2cn3c(C(C)C)c(C(=O)O)sc3n2)cc1C. The molecule has 0 spiro atoms. The quantitative estimate of drug-likeness (QED) is 0.774. The van der Waals surface area contributed by atoms with Crippen molar-refractivity contribution in [2.24, 2.45) is 0 Å². The van der Waals surface area contributed by atoms with Gasteiger partial charge >= 0.3 is 5.97 Å². The highest BCUT2D eigenvalue weighted by molar-refractivity contribution is 7.19. The summed E-state index contributed by atoms with van der Waals surface area (Å²) in [5, 5.41) is 9.36. The van der Waals surface area contributed by atoms with Crippen molar-refractivity contribution in [3.8, 4) is 11.3 Å². The van der Waals surface area contributed by atoms with Crippen LogP contribution in [-0.4, -0.2) is 20.5 Å². The van der Waals surface area contributed by atoms with E-state index in [0.29, 0.717) is 4.88 Å². The molecule has 22 heavy (non-hydrogen) atoms. The number of imidazole rings is 1. The van der Waals surface area contributed by atoms with Crippen LogP contribution in [0.4, 0.5) is 0 Å². The summed E-state index contributed by atoms with van der Waals surface area (Å²) < 4.78 is 1.92. The van der Waals surface area contributed by atoms with Gasteiger partial charge in [0.15, 0.2) is 4.96 Å². The lowest BCUT2D eigenvalue weighted by atomic mass is 10.0. The number of aryl methyl sites for hydroxylation is 2. The van der Waals surface area contributed by atoms with Crippen LogP contribution in [-0.2, 0) is 0 Å². The van der Waals surface area contributed by atoms with Gasteiger partial charge in [-0.3, -0.25) is 4.40 Å². The standard InChI is InChI=1S/C17H18N2O2S/c1-9(2)14-15(16(20)21)22-17-18-13(8-19(14)17)12-6-5-10(3)11(4)7-12/h5-9H,1-4H3,(H,20,21). The highest BCUT2D eigenvalue weighted by atomic mass is 32.1. The summed E-state index contributed by atoms with van der Waals surface area (Å²) in [6.45, 7) is 8.17. The summed E-state index contributed by atoms with van der Waals surface area (Å²) in [7, 11) is 0. The Balaban J connectivity index is 2.18. The zero-order chi connectivity index (χ0) is 16.0. The number of nitrogens with zero attached hydrogens (tertiary/aromatic N) is 2. The molecular formula is C17H18N2O2S. The Morgan fingerprint density at radius 3 is 2.59 bits per heavy atom. The molecule has 1 aromatic carbocycles. The fraction of sp³-hybridized carbons (Fsp3) is 0.294. The minimum absolute atomic E-state index is 0.127. The van der Waals surface area contributed by atoms with E-state index < -0.39 is 5.97 Å². The smallest absolute Gasteiger partial charge is 0.347 e. The average molecular weight is 314 g/mol. The van der Waals surface area contributed by atoms with Crippen molar-refractivity contribution in [3.05, 3.63) is 46.1 Å². The molecule has 0 atom stereocenters. The number of rotatable bonds is 3. The van der Waals surface area contributed by atoms with Gasteiger partial charge in [-0.25, -0.2) is 9.78 Å². The van der Waals surface area contributed by atoms with Gasteiger partial charge in [-0.05, 0) is 37.0 Å². The molecule has 0 aliphatic rings. The summed E-state index contributed by atoms with van der Waals surface area (Å²) in [4.78, 5) is 17.1. The molecule has 0 amide bonds. The monoisotopic (exact) mass is 314 g/mol. The van der Waals surface area contributed by atoms with E-state index in [9.17, 15) is 9.90 Å². The Kier molecular flexibility index (Phi) is 3.53. The van der Waals surface area contributed by atoms with Gasteiger partial charge in [0.2, 0.25) is 0 Å². The van der Waals surface area contributed by atoms with Crippen LogP contribution in [0.3, 0.4) is 0 Å². The largest absolute Gasteiger partial charge is 0.477 e. The van der Waals surface area contributed by atoms with Crippen LogP contribution >= 0.6 is 11.3 Å². The summed E-state index contributed by atoms with van der Waals surface area (Å²) in [6.07, 6.45) is 1.94. The first-order valence-electron chi connectivity index (χ1n) is 7.21. The van der Waals surface area contributed by atoms with Gasteiger partial charge in [0.25, 0.3) is 0 Å². The fourth-order valence-corrected chi connectivity index (χ4v) is 3.70. The lowest BCUT2D eigenvalue weighted by molar-refractivity contribution is 0.0700. The second kappa shape index (κ2) is 5.25. The third kappa shape index (κ3) is 2.31. The van der Waals surface area contributed by atoms with E-state index in [1.54, 1.807) is 0 Å². The Morgan fingerprint density at radius 2 is 2.00 bits per heavy atom. The second-order valence-electron chi connectivity index (χ2n) is 5.85. The number of hydrogen-bond acceptors (Lipinski definition) is 3. The van der Waals surface area contributed by atoms with E-state index in [4.69, 9.17) is 0 Å². The molecule has 0 bridgehead atoms. The van der Waals surface area contributed by atoms with Crippen molar-refractivity contribution < 1.29 is 9.90 Å². The first-order valence-corrected chi connectivity index (χ1v) is 8.03. The van der Waals surface area contributed by atoms with Gasteiger partial charge in [-0.1, -0.05) is 37.3 Å². The number of hydrogen-bond donors (Lipinski definition) is 1. The predicted molar refractivity (Wildman–Crippen MR) is 89.0 cm³/mol. The van der Waals surface area contributed by atoms with Crippen LogP contribution in [0.25, 0.3) is 16.2 Å². The molecule has 0 radical (unpaired) electrons. The minimum Gasteiger partial charge on any atom is -0.477 e. The maximum Gasteiger partial charge on any atom is 0.347 e. The predicted octanol–water partition coefficient (Wildman–Crippen LogP) is 4.50. The molecule has 3 rings (SSSR count). The lowest BCUT2D eigenvalue weighted by Gasteiger charge is -2.05. The van der Waals surface area contributed by atoms with E-state index in [-0.39, 0.29) is 5.92 Å². The molecule has 114 valence electrons. The molecule has 0 unspecified atom stereocenters. The molecule has 1 N–H and O–H groups in total. The number of thiazole rings is 1. The van der Waals surface area contributed by atoms with Crippen molar-refractivity contribution in [1.29, 1.82) is 0 Å². The average Bonchev–Trinajstić information content (AvgIpc) is 2.98. The van der Waals surface area contributed by atoms with Crippen LogP contribution in [0.15, 0.2) is 24.4 Å². The van der Waals surface area contributed by atoms with Gasteiger partial charge < -0.3 is 5.11 Å². The molecule has 4 nitrogen and oxygen atoms in total. The Labute approximate surface area is 133 Å². The van der Waals surface area contributed by atoms with Crippen LogP contribution < -0.4 is 0 Å². The molecule has 5 heteroatoms. The lowest BCUT2D eigenvalue weighted by Crippen LogP contribution is -2.02. The van der Waals surface area contributed by atoms with Gasteiger partial charge in [0, 0.05) is 11.8 Å². The number of fused-ring (bicyclic) bond motifs is 1. The van der Waals surface area contributed by atoms with Gasteiger partial charge in [-0.2, -0.15) is 0 Å². The van der Waals surface area contributed by atoms with E-state index in [0.717, 1.165) is 21.9 Å². The molecular weight excluding hydrogens is 296 g/mol. The molecule has 0 saturated carbocycles. The maximum absolute atomic E-state index is 11.4. The fourth-order valence-electron chi connectivity index (χ4n) is 2.59. The minimum atomic E-state index is -0.882. The number of aromatic carboxylic acids is 1. The highest BCUT2D eigenvalue weighted by Crippen LogP contribution is 2.32. The third-order valence-electron chi connectivity index (χ3n) is 3.90. The van der Waals surface area contributed by atoms with E-state index in [1.165, 1.54) is 22.5 Å². The van der Waals surface area contributed by atoms with Gasteiger partial charge in [0.1, 0.15) is 4.88 Å². The van der Waals surface area contributed by atoms with Crippen LogP contribution in [0.1, 0.15) is 46.3 Å². The first kappa shape index (κ1) is 14.8. The van der Waals surface area contributed by atoms with Crippen LogP contribution in [0, 0.1) is 13.8 Å². The first-order chi connectivity index (χ1) is 10.4. The Bertz CT molecular complexity index is 874. The third-order valence-corrected chi connectivity index (χ3v) is 4.96. The molecule has 2 aromatic heterocycles. The normalized spacial score (nSPS) is 11.5. The number of carboxylic acid groups (broad SMARTS) is 1. The Morgan fingerprint density at radius 1 is 1.27 bits per heavy atom. The Hall–Kier alpha value is -2.14. The summed E-state index contributed by atoms with van der Waals surface area (Å²) in [5.74, 6) is -0.756. The summed E-state index contributed by atoms with van der Waals surface area (Å²) in [6, 6.07) is 6.26.